The SMILES string of the molecule is CO[C@H](COCc1ccccc1)[C@@H](C)C=O. The summed E-state index contributed by atoms with van der Waals surface area (Å²) in [4.78, 5) is 10.6. The van der Waals surface area contributed by atoms with Crippen LogP contribution in [0.25, 0.3) is 0 Å². The Morgan fingerprint density at radius 2 is 2.00 bits per heavy atom. The fourth-order valence-electron chi connectivity index (χ4n) is 1.39. The fourth-order valence-corrected chi connectivity index (χ4v) is 1.39. The second-order valence-corrected chi connectivity index (χ2v) is 3.77. The minimum atomic E-state index is -0.166. The number of benzene rings is 1. The molecular formula is C13H18O3. The maximum absolute atomic E-state index is 10.6. The van der Waals surface area contributed by atoms with Gasteiger partial charge in [-0.3, -0.25) is 0 Å². The molecule has 2 atom stereocenters. The van der Waals surface area contributed by atoms with Crippen molar-refractivity contribution in [2.45, 2.75) is 19.6 Å². The molecule has 0 N–H and O–H groups in total. The van der Waals surface area contributed by atoms with Gasteiger partial charge in [0.25, 0.3) is 0 Å². The quantitative estimate of drug-likeness (QED) is 0.662. The van der Waals surface area contributed by atoms with Crippen LogP contribution in [0.3, 0.4) is 0 Å². The largest absolute Gasteiger partial charge is 0.378 e. The van der Waals surface area contributed by atoms with Crippen molar-refractivity contribution >= 4 is 6.29 Å². The van der Waals surface area contributed by atoms with E-state index in [1.165, 1.54) is 0 Å². The minimum Gasteiger partial charge on any atom is -0.378 e. The molecule has 0 fully saturated rings. The van der Waals surface area contributed by atoms with Crippen molar-refractivity contribution in [3.8, 4) is 0 Å². The Kier molecular flexibility index (Phi) is 5.75. The van der Waals surface area contributed by atoms with Gasteiger partial charge in [-0.15, -0.1) is 0 Å². The summed E-state index contributed by atoms with van der Waals surface area (Å²) in [5.74, 6) is -0.138. The number of methoxy groups -OCH3 is 1. The molecule has 0 bridgehead atoms. The minimum absolute atomic E-state index is 0.138. The Labute approximate surface area is 96.4 Å². The molecule has 88 valence electrons. The summed E-state index contributed by atoms with van der Waals surface area (Å²) in [5, 5.41) is 0. The van der Waals surface area contributed by atoms with Crippen LogP contribution < -0.4 is 0 Å². The molecule has 1 rings (SSSR count). The van der Waals surface area contributed by atoms with Crippen molar-refractivity contribution < 1.29 is 14.3 Å². The molecule has 0 aliphatic rings. The first-order valence-corrected chi connectivity index (χ1v) is 5.37. The van der Waals surface area contributed by atoms with Gasteiger partial charge in [0.15, 0.2) is 0 Å². The van der Waals surface area contributed by atoms with Crippen LogP contribution in [0.2, 0.25) is 0 Å². The highest BCUT2D eigenvalue weighted by Crippen LogP contribution is 2.07. The number of hydrogen-bond acceptors (Lipinski definition) is 3. The second-order valence-electron chi connectivity index (χ2n) is 3.77. The van der Waals surface area contributed by atoms with E-state index in [0.29, 0.717) is 13.2 Å². The molecule has 0 saturated carbocycles. The molecule has 0 unspecified atom stereocenters. The highest BCUT2D eigenvalue weighted by molar-refractivity contribution is 5.53. The van der Waals surface area contributed by atoms with E-state index in [1.54, 1.807) is 7.11 Å². The Hall–Kier alpha value is -1.19. The van der Waals surface area contributed by atoms with Crippen molar-refractivity contribution in [3.63, 3.8) is 0 Å². The fraction of sp³-hybridized carbons (Fsp3) is 0.462. The number of carbonyl (C=O) groups excluding carboxylic acids is 1. The van der Waals surface area contributed by atoms with E-state index >= 15 is 0 Å². The van der Waals surface area contributed by atoms with Gasteiger partial charge in [-0.25, -0.2) is 0 Å². The summed E-state index contributed by atoms with van der Waals surface area (Å²) in [6.45, 7) is 2.81. The van der Waals surface area contributed by atoms with Crippen LogP contribution in [0, 0.1) is 5.92 Å². The topological polar surface area (TPSA) is 35.5 Å². The number of hydrogen-bond donors (Lipinski definition) is 0. The summed E-state index contributed by atoms with van der Waals surface area (Å²) in [5.41, 5.74) is 1.12. The zero-order valence-corrected chi connectivity index (χ0v) is 9.76. The van der Waals surface area contributed by atoms with Crippen molar-refractivity contribution in [2.75, 3.05) is 13.7 Å². The molecule has 0 radical (unpaired) electrons. The van der Waals surface area contributed by atoms with E-state index in [2.05, 4.69) is 0 Å². The maximum atomic E-state index is 10.6. The molecule has 3 nitrogen and oxygen atoms in total. The molecule has 0 spiro atoms. The van der Waals surface area contributed by atoms with E-state index < -0.39 is 0 Å². The lowest BCUT2D eigenvalue weighted by molar-refractivity contribution is -0.116. The molecule has 0 aliphatic heterocycles. The predicted molar refractivity (Wildman–Crippen MR) is 62.1 cm³/mol. The maximum Gasteiger partial charge on any atom is 0.125 e. The van der Waals surface area contributed by atoms with Crippen LogP contribution in [0.5, 0.6) is 0 Å². The van der Waals surface area contributed by atoms with Gasteiger partial charge in [0.1, 0.15) is 6.29 Å². The molecular weight excluding hydrogens is 204 g/mol. The van der Waals surface area contributed by atoms with Crippen LogP contribution >= 0.6 is 0 Å². The highest BCUT2D eigenvalue weighted by Gasteiger charge is 2.15. The van der Waals surface area contributed by atoms with E-state index in [1.807, 2.05) is 37.3 Å². The van der Waals surface area contributed by atoms with Gasteiger partial charge in [0.2, 0.25) is 0 Å². The van der Waals surface area contributed by atoms with Gasteiger partial charge in [0.05, 0.1) is 19.3 Å². The Morgan fingerprint density at radius 3 is 2.56 bits per heavy atom. The zero-order valence-electron chi connectivity index (χ0n) is 9.76. The van der Waals surface area contributed by atoms with Crippen molar-refractivity contribution in [1.29, 1.82) is 0 Å². The Balaban J connectivity index is 2.31. The van der Waals surface area contributed by atoms with E-state index in [-0.39, 0.29) is 12.0 Å². The second kappa shape index (κ2) is 7.14. The summed E-state index contributed by atoms with van der Waals surface area (Å²) in [6.07, 6.45) is 0.723. The zero-order chi connectivity index (χ0) is 11.8. The molecule has 0 amide bonds. The molecule has 0 heterocycles. The molecule has 1 aromatic carbocycles. The smallest absolute Gasteiger partial charge is 0.125 e. The van der Waals surface area contributed by atoms with Gasteiger partial charge < -0.3 is 14.3 Å². The van der Waals surface area contributed by atoms with Gasteiger partial charge in [-0.05, 0) is 5.56 Å². The van der Waals surface area contributed by atoms with E-state index in [4.69, 9.17) is 9.47 Å². The average Bonchev–Trinajstić information content (AvgIpc) is 2.35. The van der Waals surface area contributed by atoms with Crippen LogP contribution in [-0.2, 0) is 20.9 Å². The van der Waals surface area contributed by atoms with Gasteiger partial charge in [-0.2, -0.15) is 0 Å². The normalized spacial score (nSPS) is 14.4. The van der Waals surface area contributed by atoms with E-state index in [9.17, 15) is 4.79 Å². The van der Waals surface area contributed by atoms with Gasteiger partial charge in [-0.1, -0.05) is 37.3 Å². The average molecular weight is 222 g/mol. The lowest BCUT2D eigenvalue weighted by Gasteiger charge is -2.18. The highest BCUT2D eigenvalue weighted by atomic mass is 16.5. The summed E-state index contributed by atoms with van der Waals surface area (Å²) in [7, 11) is 1.59. The molecule has 16 heavy (non-hydrogen) atoms. The summed E-state index contributed by atoms with van der Waals surface area (Å²) >= 11 is 0. The van der Waals surface area contributed by atoms with Crippen LogP contribution in [0.15, 0.2) is 30.3 Å². The monoisotopic (exact) mass is 222 g/mol. The Bertz CT molecular complexity index is 297. The van der Waals surface area contributed by atoms with Gasteiger partial charge >= 0.3 is 0 Å². The third-order valence-corrected chi connectivity index (χ3v) is 2.50. The molecule has 0 saturated heterocycles. The molecule has 3 heteroatoms. The van der Waals surface area contributed by atoms with Crippen LogP contribution in [0.1, 0.15) is 12.5 Å². The summed E-state index contributed by atoms with van der Waals surface area (Å²) < 4.78 is 10.7. The summed E-state index contributed by atoms with van der Waals surface area (Å²) in [6, 6.07) is 9.92. The van der Waals surface area contributed by atoms with Crippen molar-refractivity contribution in [1.82, 2.24) is 0 Å². The molecule has 0 aliphatic carbocycles. The third-order valence-electron chi connectivity index (χ3n) is 2.50. The number of carbonyl (C=O) groups is 1. The first kappa shape index (κ1) is 12.9. The Morgan fingerprint density at radius 1 is 1.31 bits per heavy atom. The third kappa shape index (κ3) is 4.13. The first-order valence-electron chi connectivity index (χ1n) is 5.37. The molecule has 1 aromatic rings. The van der Waals surface area contributed by atoms with Crippen molar-refractivity contribution in [3.05, 3.63) is 35.9 Å². The van der Waals surface area contributed by atoms with Crippen LogP contribution in [0.4, 0.5) is 0 Å². The first-order chi connectivity index (χ1) is 7.77. The van der Waals surface area contributed by atoms with Crippen molar-refractivity contribution in [2.24, 2.45) is 5.92 Å². The lowest BCUT2D eigenvalue weighted by atomic mass is 10.1. The number of ether oxygens (including phenoxy) is 2. The van der Waals surface area contributed by atoms with Crippen LogP contribution in [-0.4, -0.2) is 26.1 Å². The number of rotatable bonds is 7. The predicted octanol–water partition coefficient (Wildman–Crippen LogP) is 2.05. The lowest BCUT2D eigenvalue weighted by Crippen LogP contribution is -2.27. The molecule has 0 aromatic heterocycles. The van der Waals surface area contributed by atoms with E-state index in [0.717, 1.165) is 11.8 Å². The van der Waals surface area contributed by atoms with Gasteiger partial charge in [0, 0.05) is 13.0 Å². The standard InChI is InChI=1S/C13H18O3/c1-11(8-14)13(15-2)10-16-9-12-6-4-3-5-7-12/h3-8,11,13H,9-10H2,1-2H3/t11-,13+/m0/s1. The number of aldehydes is 1.